The fraction of sp³-hybridized carbons (Fsp3) is 0.174. The van der Waals surface area contributed by atoms with Gasteiger partial charge in [-0.25, -0.2) is 0 Å². The lowest BCUT2D eigenvalue weighted by molar-refractivity contribution is 0.102. The molecular formula is C23H23NO5. The lowest BCUT2D eigenvalue weighted by Gasteiger charge is -2.13. The smallest absolute Gasteiger partial charge is 0.255 e. The van der Waals surface area contributed by atoms with Gasteiger partial charge in [-0.1, -0.05) is 6.07 Å². The normalized spacial score (nSPS) is 10.2. The Morgan fingerprint density at radius 1 is 0.793 bits per heavy atom. The Morgan fingerprint density at radius 3 is 2.21 bits per heavy atom. The number of methoxy groups -OCH3 is 3. The summed E-state index contributed by atoms with van der Waals surface area (Å²) in [4.78, 5) is 12.6. The minimum absolute atomic E-state index is 0.222. The standard InChI is InChI=1S/C23H23NO5/c1-26-19-10-8-18(9-11-19)24-23(25)16-7-12-22(28-3)17(13-16)15-29-21-6-4-5-20(14-21)27-2/h4-14H,15H2,1-3H3,(H,24,25). The average molecular weight is 393 g/mol. The Morgan fingerprint density at radius 2 is 1.52 bits per heavy atom. The summed E-state index contributed by atoms with van der Waals surface area (Å²) in [7, 11) is 4.79. The van der Waals surface area contributed by atoms with Crippen LogP contribution >= 0.6 is 0 Å². The number of rotatable bonds is 8. The Labute approximate surface area is 170 Å². The minimum Gasteiger partial charge on any atom is -0.497 e. The van der Waals surface area contributed by atoms with Crippen LogP contribution in [0.15, 0.2) is 66.7 Å². The van der Waals surface area contributed by atoms with Gasteiger partial charge in [0.2, 0.25) is 0 Å². The first-order valence-electron chi connectivity index (χ1n) is 9.02. The van der Waals surface area contributed by atoms with E-state index < -0.39 is 0 Å². The van der Waals surface area contributed by atoms with Crippen LogP contribution < -0.4 is 24.3 Å². The Bertz CT molecular complexity index is 969. The van der Waals surface area contributed by atoms with Gasteiger partial charge in [-0.3, -0.25) is 4.79 Å². The van der Waals surface area contributed by atoms with Crippen molar-refractivity contribution in [2.45, 2.75) is 6.61 Å². The number of ether oxygens (including phenoxy) is 4. The van der Waals surface area contributed by atoms with Crippen LogP contribution in [0.1, 0.15) is 15.9 Å². The van der Waals surface area contributed by atoms with Crippen molar-refractivity contribution in [3.05, 3.63) is 77.9 Å². The van der Waals surface area contributed by atoms with Crippen LogP contribution in [0.4, 0.5) is 5.69 Å². The van der Waals surface area contributed by atoms with Crippen molar-refractivity contribution in [3.63, 3.8) is 0 Å². The fourth-order valence-electron chi connectivity index (χ4n) is 2.76. The SMILES string of the molecule is COc1ccc(NC(=O)c2ccc(OC)c(COc3cccc(OC)c3)c2)cc1. The molecule has 0 saturated carbocycles. The van der Waals surface area contributed by atoms with Crippen molar-refractivity contribution in [1.82, 2.24) is 0 Å². The maximum Gasteiger partial charge on any atom is 0.255 e. The van der Waals surface area contributed by atoms with E-state index in [0.717, 1.165) is 11.3 Å². The third kappa shape index (κ3) is 5.19. The highest BCUT2D eigenvalue weighted by Gasteiger charge is 2.12. The Balaban J connectivity index is 1.73. The molecule has 0 bridgehead atoms. The number of nitrogens with one attached hydrogen (secondary N) is 1. The number of amides is 1. The van der Waals surface area contributed by atoms with Crippen LogP contribution in [0, 0.1) is 0 Å². The van der Waals surface area contributed by atoms with E-state index in [9.17, 15) is 4.79 Å². The molecular weight excluding hydrogens is 370 g/mol. The number of benzene rings is 3. The first kappa shape index (κ1) is 20.1. The molecule has 150 valence electrons. The molecule has 0 heterocycles. The van der Waals surface area contributed by atoms with E-state index >= 15 is 0 Å². The van der Waals surface area contributed by atoms with Crippen LogP contribution in [0.3, 0.4) is 0 Å². The van der Waals surface area contributed by atoms with Crippen LogP contribution in [0.2, 0.25) is 0 Å². The number of hydrogen-bond acceptors (Lipinski definition) is 5. The summed E-state index contributed by atoms with van der Waals surface area (Å²) in [6, 6.07) is 19.7. The highest BCUT2D eigenvalue weighted by molar-refractivity contribution is 6.04. The topological polar surface area (TPSA) is 66.0 Å². The second-order valence-corrected chi connectivity index (χ2v) is 6.18. The maximum absolute atomic E-state index is 12.6. The molecule has 0 radical (unpaired) electrons. The van der Waals surface area contributed by atoms with Crippen LogP contribution in [-0.4, -0.2) is 27.2 Å². The zero-order chi connectivity index (χ0) is 20.6. The van der Waals surface area contributed by atoms with Crippen molar-refractivity contribution in [2.75, 3.05) is 26.6 Å². The summed E-state index contributed by atoms with van der Waals surface area (Å²) in [5, 5.41) is 2.87. The van der Waals surface area contributed by atoms with Crippen molar-refractivity contribution < 1.29 is 23.7 Å². The summed E-state index contributed by atoms with van der Waals surface area (Å²) in [5.74, 6) is 2.53. The molecule has 3 rings (SSSR count). The molecule has 6 heteroatoms. The largest absolute Gasteiger partial charge is 0.497 e. The third-order valence-corrected chi connectivity index (χ3v) is 4.33. The van der Waals surface area contributed by atoms with Gasteiger partial charge in [0.1, 0.15) is 29.6 Å². The zero-order valence-electron chi connectivity index (χ0n) is 16.6. The fourth-order valence-corrected chi connectivity index (χ4v) is 2.76. The van der Waals surface area contributed by atoms with Gasteiger partial charge in [0, 0.05) is 22.9 Å². The molecule has 3 aromatic rings. The quantitative estimate of drug-likeness (QED) is 0.608. The Kier molecular flexibility index (Phi) is 6.58. The van der Waals surface area contributed by atoms with E-state index in [1.54, 1.807) is 69.9 Å². The summed E-state index contributed by atoms with van der Waals surface area (Å²) in [6.07, 6.45) is 0. The minimum atomic E-state index is -0.222. The molecule has 0 unspecified atom stereocenters. The van der Waals surface area contributed by atoms with Gasteiger partial charge in [0.05, 0.1) is 21.3 Å². The predicted molar refractivity (Wildman–Crippen MR) is 111 cm³/mol. The number of hydrogen-bond donors (Lipinski definition) is 1. The van der Waals surface area contributed by atoms with E-state index in [1.807, 2.05) is 18.2 Å². The summed E-state index contributed by atoms with van der Waals surface area (Å²) in [5.41, 5.74) is 1.95. The second-order valence-electron chi connectivity index (χ2n) is 6.18. The third-order valence-electron chi connectivity index (χ3n) is 4.33. The number of carbonyl (C=O) groups is 1. The molecule has 0 aromatic heterocycles. The molecule has 0 atom stereocenters. The van der Waals surface area contributed by atoms with E-state index in [4.69, 9.17) is 18.9 Å². The van der Waals surface area contributed by atoms with Crippen molar-refractivity contribution >= 4 is 11.6 Å². The lowest BCUT2D eigenvalue weighted by Crippen LogP contribution is -2.12. The average Bonchev–Trinajstić information content (AvgIpc) is 2.78. The molecule has 0 aliphatic rings. The van der Waals surface area contributed by atoms with Gasteiger partial charge in [-0.15, -0.1) is 0 Å². The van der Waals surface area contributed by atoms with Gasteiger partial charge >= 0.3 is 0 Å². The highest BCUT2D eigenvalue weighted by atomic mass is 16.5. The molecule has 0 saturated heterocycles. The van der Waals surface area contributed by atoms with Crippen LogP contribution in [-0.2, 0) is 6.61 Å². The molecule has 3 aromatic carbocycles. The van der Waals surface area contributed by atoms with Gasteiger partial charge in [0.25, 0.3) is 5.91 Å². The Hall–Kier alpha value is -3.67. The first-order chi connectivity index (χ1) is 14.1. The molecule has 0 aliphatic heterocycles. The summed E-state index contributed by atoms with van der Waals surface area (Å²) < 4.78 is 21.6. The van der Waals surface area contributed by atoms with E-state index in [-0.39, 0.29) is 12.5 Å². The van der Waals surface area contributed by atoms with Crippen LogP contribution in [0.25, 0.3) is 0 Å². The van der Waals surface area contributed by atoms with E-state index in [1.165, 1.54) is 0 Å². The lowest BCUT2D eigenvalue weighted by atomic mass is 10.1. The molecule has 1 amide bonds. The van der Waals surface area contributed by atoms with Gasteiger partial charge in [0.15, 0.2) is 0 Å². The van der Waals surface area contributed by atoms with E-state index in [0.29, 0.717) is 28.5 Å². The summed E-state index contributed by atoms with van der Waals surface area (Å²) >= 11 is 0. The zero-order valence-corrected chi connectivity index (χ0v) is 16.6. The van der Waals surface area contributed by atoms with Gasteiger partial charge in [-0.2, -0.15) is 0 Å². The molecule has 6 nitrogen and oxygen atoms in total. The number of carbonyl (C=O) groups excluding carboxylic acids is 1. The van der Waals surface area contributed by atoms with Crippen molar-refractivity contribution in [3.8, 4) is 23.0 Å². The predicted octanol–water partition coefficient (Wildman–Crippen LogP) is 4.54. The van der Waals surface area contributed by atoms with E-state index in [2.05, 4.69) is 5.32 Å². The molecule has 0 aliphatic carbocycles. The van der Waals surface area contributed by atoms with Crippen LogP contribution in [0.5, 0.6) is 23.0 Å². The summed E-state index contributed by atoms with van der Waals surface area (Å²) in [6.45, 7) is 0.250. The van der Waals surface area contributed by atoms with Crippen molar-refractivity contribution in [1.29, 1.82) is 0 Å². The molecule has 1 N–H and O–H groups in total. The number of anilines is 1. The van der Waals surface area contributed by atoms with Crippen molar-refractivity contribution in [2.24, 2.45) is 0 Å². The highest BCUT2D eigenvalue weighted by Crippen LogP contribution is 2.25. The van der Waals surface area contributed by atoms with Gasteiger partial charge < -0.3 is 24.3 Å². The maximum atomic E-state index is 12.6. The molecule has 0 spiro atoms. The molecule has 0 fully saturated rings. The monoisotopic (exact) mass is 393 g/mol. The first-order valence-corrected chi connectivity index (χ1v) is 9.02. The molecule has 29 heavy (non-hydrogen) atoms. The van der Waals surface area contributed by atoms with Gasteiger partial charge in [-0.05, 0) is 54.6 Å². The second kappa shape index (κ2) is 9.50.